The molecule has 2 fully saturated rings. The summed E-state index contributed by atoms with van der Waals surface area (Å²) in [6, 6.07) is 6.41. The number of nitrogens with one attached hydrogen (secondary N) is 1. The molecule has 4 rings (SSSR count). The molecule has 22 heavy (non-hydrogen) atoms. The van der Waals surface area contributed by atoms with Crippen molar-refractivity contribution in [3.05, 3.63) is 35.7 Å². The van der Waals surface area contributed by atoms with Crippen LogP contribution in [0.5, 0.6) is 0 Å². The molecule has 116 valence electrons. The molecule has 1 aromatic carbocycles. The average Bonchev–Trinajstić information content (AvgIpc) is 2.93. The Labute approximate surface area is 131 Å². The van der Waals surface area contributed by atoms with E-state index in [1.54, 1.807) is 6.26 Å². The van der Waals surface area contributed by atoms with Gasteiger partial charge in [0, 0.05) is 24.3 Å². The fourth-order valence-corrected chi connectivity index (χ4v) is 3.75. The number of oxazole rings is 1. The lowest BCUT2D eigenvalue weighted by Crippen LogP contribution is -2.36. The van der Waals surface area contributed by atoms with Crippen molar-refractivity contribution in [2.45, 2.75) is 27.2 Å². The van der Waals surface area contributed by atoms with Gasteiger partial charge in [-0.05, 0) is 55.7 Å². The largest absolute Gasteiger partial charge is 0.444 e. The highest BCUT2D eigenvalue weighted by Gasteiger charge is 2.49. The topological polar surface area (TPSA) is 41.3 Å². The molecule has 3 atom stereocenters. The van der Waals surface area contributed by atoms with Crippen molar-refractivity contribution < 1.29 is 4.42 Å². The summed E-state index contributed by atoms with van der Waals surface area (Å²) >= 11 is 0. The number of nitrogens with zero attached hydrogens (tertiary/aromatic N) is 2. The van der Waals surface area contributed by atoms with Gasteiger partial charge in [0.15, 0.2) is 0 Å². The Morgan fingerprint density at radius 2 is 2.14 bits per heavy atom. The second-order valence-corrected chi connectivity index (χ2v) is 6.86. The van der Waals surface area contributed by atoms with Crippen LogP contribution >= 0.6 is 0 Å². The van der Waals surface area contributed by atoms with E-state index in [4.69, 9.17) is 4.42 Å². The highest BCUT2D eigenvalue weighted by Crippen LogP contribution is 2.50. The van der Waals surface area contributed by atoms with Gasteiger partial charge in [0.2, 0.25) is 5.89 Å². The van der Waals surface area contributed by atoms with Gasteiger partial charge in [-0.2, -0.15) is 0 Å². The number of hydrogen-bond acceptors (Lipinski definition) is 4. The van der Waals surface area contributed by atoms with Crippen LogP contribution in [0.15, 0.2) is 28.9 Å². The molecule has 0 radical (unpaired) electrons. The maximum Gasteiger partial charge on any atom is 0.226 e. The van der Waals surface area contributed by atoms with Crippen LogP contribution < -0.4 is 5.43 Å². The Morgan fingerprint density at radius 3 is 2.86 bits per heavy atom. The lowest BCUT2D eigenvalue weighted by Gasteiger charge is -2.27. The molecule has 1 N–H and O–H groups in total. The van der Waals surface area contributed by atoms with Gasteiger partial charge >= 0.3 is 0 Å². The van der Waals surface area contributed by atoms with Crippen LogP contribution in [-0.4, -0.2) is 23.1 Å². The first-order valence-electron chi connectivity index (χ1n) is 8.16. The van der Waals surface area contributed by atoms with E-state index < -0.39 is 0 Å². The third kappa shape index (κ3) is 2.41. The molecule has 1 saturated carbocycles. The first kappa shape index (κ1) is 13.8. The summed E-state index contributed by atoms with van der Waals surface area (Å²) in [6.45, 7) is 8.72. The van der Waals surface area contributed by atoms with Gasteiger partial charge in [-0.1, -0.05) is 13.0 Å². The van der Waals surface area contributed by atoms with E-state index in [2.05, 4.69) is 47.5 Å². The highest BCUT2D eigenvalue weighted by atomic mass is 16.3. The van der Waals surface area contributed by atoms with Crippen LogP contribution in [-0.2, 0) is 0 Å². The number of piperidine rings is 1. The van der Waals surface area contributed by atoms with E-state index in [0.717, 1.165) is 47.8 Å². The Balaban J connectivity index is 1.53. The number of fused-ring (bicyclic) bond motifs is 1. The number of aromatic nitrogens is 1. The van der Waals surface area contributed by atoms with Crippen LogP contribution in [0.2, 0.25) is 0 Å². The van der Waals surface area contributed by atoms with Crippen molar-refractivity contribution in [3.63, 3.8) is 0 Å². The molecule has 0 bridgehead atoms. The van der Waals surface area contributed by atoms with Crippen LogP contribution in [0, 0.1) is 31.6 Å². The number of rotatable bonds is 3. The summed E-state index contributed by atoms with van der Waals surface area (Å²) in [4.78, 5) is 4.45. The van der Waals surface area contributed by atoms with Gasteiger partial charge in [-0.15, -0.1) is 0 Å². The molecule has 4 nitrogen and oxygen atoms in total. The van der Waals surface area contributed by atoms with Crippen molar-refractivity contribution in [1.82, 2.24) is 9.99 Å². The van der Waals surface area contributed by atoms with Gasteiger partial charge in [0.1, 0.15) is 6.26 Å². The van der Waals surface area contributed by atoms with Crippen molar-refractivity contribution in [1.29, 1.82) is 0 Å². The van der Waals surface area contributed by atoms with Crippen LogP contribution in [0.1, 0.15) is 24.6 Å². The van der Waals surface area contributed by atoms with Gasteiger partial charge in [-0.3, -0.25) is 0 Å². The molecule has 2 aliphatic rings. The highest BCUT2D eigenvalue weighted by molar-refractivity contribution is 5.65. The minimum atomic E-state index is 0.702. The summed E-state index contributed by atoms with van der Waals surface area (Å²) < 4.78 is 5.56. The van der Waals surface area contributed by atoms with E-state index in [9.17, 15) is 0 Å². The van der Waals surface area contributed by atoms with Gasteiger partial charge in [0.25, 0.3) is 0 Å². The molecule has 2 heterocycles. The molecule has 1 aliphatic heterocycles. The Bertz CT molecular complexity index is 693. The molecule has 1 aliphatic carbocycles. The van der Waals surface area contributed by atoms with Crippen LogP contribution in [0.3, 0.4) is 0 Å². The molecular formula is C18H23N3O. The van der Waals surface area contributed by atoms with E-state index >= 15 is 0 Å². The zero-order chi connectivity index (χ0) is 15.3. The van der Waals surface area contributed by atoms with Gasteiger partial charge < -0.3 is 9.84 Å². The standard InChI is InChI=1S/C18H23N3O/c1-11-4-5-14(8-16(11)18-19-12(2)10-22-18)20-21-7-6-15-13(3)17(15)9-21/h4-5,8,10,13,15,17,20H,6-7,9H2,1-3H3/t13-,15?,17?/m1/s1. The third-order valence-electron chi connectivity index (χ3n) is 5.30. The van der Waals surface area contributed by atoms with E-state index in [0.29, 0.717) is 5.89 Å². The summed E-state index contributed by atoms with van der Waals surface area (Å²) in [5.41, 5.74) is 7.84. The predicted octanol–water partition coefficient (Wildman–Crippen LogP) is 3.87. The SMILES string of the molecule is Cc1coc(-c2cc(NN3CCC4C(C3)[C@@H]4C)ccc2C)n1. The molecule has 4 heteroatoms. The first-order valence-corrected chi connectivity index (χ1v) is 8.16. The Hall–Kier alpha value is -1.81. The Morgan fingerprint density at radius 1 is 1.27 bits per heavy atom. The predicted molar refractivity (Wildman–Crippen MR) is 87.4 cm³/mol. The molecule has 2 unspecified atom stereocenters. The number of hydrazine groups is 1. The fraction of sp³-hybridized carbons (Fsp3) is 0.500. The molecular weight excluding hydrogens is 274 g/mol. The summed E-state index contributed by atoms with van der Waals surface area (Å²) in [7, 11) is 0. The number of hydrogen-bond donors (Lipinski definition) is 1. The maximum absolute atomic E-state index is 5.56. The summed E-state index contributed by atoms with van der Waals surface area (Å²) in [5.74, 6) is 3.48. The lowest BCUT2D eigenvalue weighted by atomic mass is 10.1. The first-order chi connectivity index (χ1) is 10.6. The number of anilines is 1. The van der Waals surface area contributed by atoms with E-state index in [-0.39, 0.29) is 0 Å². The zero-order valence-electron chi connectivity index (χ0n) is 13.5. The normalized spacial score (nSPS) is 27.5. The minimum absolute atomic E-state index is 0.702. The molecule has 0 amide bonds. The fourth-order valence-electron chi connectivity index (χ4n) is 3.75. The number of aryl methyl sites for hydroxylation is 2. The second kappa shape index (κ2) is 5.13. The molecule has 1 aromatic heterocycles. The molecule has 0 spiro atoms. The monoisotopic (exact) mass is 297 g/mol. The third-order valence-corrected chi connectivity index (χ3v) is 5.30. The van der Waals surface area contributed by atoms with Crippen molar-refractivity contribution in [2.75, 3.05) is 18.5 Å². The van der Waals surface area contributed by atoms with Crippen molar-refractivity contribution in [2.24, 2.45) is 17.8 Å². The van der Waals surface area contributed by atoms with E-state index in [1.165, 1.54) is 12.0 Å². The zero-order valence-corrected chi connectivity index (χ0v) is 13.5. The summed E-state index contributed by atoms with van der Waals surface area (Å²) in [5, 5.41) is 2.36. The number of benzene rings is 1. The second-order valence-electron chi connectivity index (χ2n) is 6.86. The average molecular weight is 297 g/mol. The van der Waals surface area contributed by atoms with Gasteiger partial charge in [-0.25, -0.2) is 9.99 Å². The van der Waals surface area contributed by atoms with Crippen LogP contribution in [0.4, 0.5) is 5.69 Å². The lowest BCUT2D eigenvalue weighted by molar-refractivity contribution is 0.262. The quantitative estimate of drug-likeness (QED) is 0.933. The Kier molecular flexibility index (Phi) is 3.22. The molecule has 1 saturated heterocycles. The van der Waals surface area contributed by atoms with Gasteiger partial charge in [0.05, 0.1) is 5.69 Å². The molecule has 2 aromatic rings. The van der Waals surface area contributed by atoms with Crippen LogP contribution in [0.25, 0.3) is 11.5 Å². The minimum Gasteiger partial charge on any atom is -0.444 e. The summed E-state index contributed by atoms with van der Waals surface area (Å²) in [6.07, 6.45) is 3.02. The van der Waals surface area contributed by atoms with Crippen molar-refractivity contribution in [3.8, 4) is 11.5 Å². The maximum atomic E-state index is 5.56. The smallest absolute Gasteiger partial charge is 0.226 e. The van der Waals surface area contributed by atoms with Crippen molar-refractivity contribution >= 4 is 5.69 Å². The van der Waals surface area contributed by atoms with E-state index in [1.807, 2.05) is 6.92 Å².